The lowest BCUT2D eigenvalue weighted by atomic mass is 10.0. The van der Waals surface area contributed by atoms with Gasteiger partial charge in [-0.3, -0.25) is 9.59 Å². The van der Waals surface area contributed by atoms with Crippen LogP contribution in [-0.4, -0.2) is 21.5 Å². The molecule has 0 saturated heterocycles. The van der Waals surface area contributed by atoms with Gasteiger partial charge in [-0.15, -0.1) is 0 Å². The van der Waals surface area contributed by atoms with E-state index in [1.165, 1.54) is 0 Å². The van der Waals surface area contributed by atoms with Crippen LogP contribution in [0.5, 0.6) is 0 Å². The van der Waals surface area contributed by atoms with Crippen LogP contribution in [0.1, 0.15) is 43.5 Å². The predicted molar refractivity (Wildman–Crippen MR) is 100 cm³/mol. The maximum absolute atomic E-state index is 12.6. The number of nitrogens with zero attached hydrogens (tertiary/aromatic N) is 4. The van der Waals surface area contributed by atoms with Gasteiger partial charge in [0, 0.05) is 11.1 Å². The minimum atomic E-state index is -0.211. The number of Topliss-reactive ketones (excluding diaryl/α,β-unsaturated/α-hetero) is 2. The van der Waals surface area contributed by atoms with Crippen LogP contribution in [0.25, 0.3) is 0 Å². The third kappa shape index (κ3) is 4.14. The number of nitriles is 2. The van der Waals surface area contributed by atoms with Crippen molar-refractivity contribution < 1.29 is 9.59 Å². The Morgan fingerprint density at radius 1 is 0.679 bits per heavy atom. The van der Waals surface area contributed by atoms with Crippen LogP contribution in [0.15, 0.2) is 60.7 Å². The van der Waals surface area contributed by atoms with Crippen LogP contribution < -0.4 is 0 Å². The zero-order valence-corrected chi connectivity index (χ0v) is 14.8. The molecule has 28 heavy (non-hydrogen) atoms. The third-order valence-electron chi connectivity index (χ3n) is 4.11. The van der Waals surface area contributed by atoms with Gasteiger partial charge in [-0.25, -0.2) is 9.97 Å². The molecular formula is C22H14N4O2. The fourth-order valence-electron chi connectivity index (χ4n) is 2.70. The van der Waals surface area contributed by atoms with E-state index in [9.17, 15) is 20.1 Å². The van der Waals surface area contributed by atoms with Crippen molar-refractivity contribution in [2.75, 3.05) is 0 Å². The number of aromatic nitrogens is 2. The van der Waals surface area contributed by atoms with Gasteiger partial charge in [-0.2, -0.15) is 10.5 Å². The number of rotatable bonds is 6. The van der Waals surface area contributed by atoms with Crippen molar-refractivity contribution >= 4 is 11.6 Å². The second kappa shape index (κ2) is 8.48. The quantitative estimate of drug-likeness (QED) is 0.620. The Bertz CT molecular complexity index is 1020. The molecule has 6 nitrogen and oxygen atoms in total. The van der Waals surface area contributed by atoms with E-state index >= 15 is 0 Å². The number of benzene rings is 2. The molecule has 0 N–H and O–H groups in total. The van der Waals surface area contributed by atoms with E-state index in [0.717, 1.165) is 0 Å². The van der Waals surface area contributed by atoms with Crippen molar-refractivity contribution in [2.24, 2.45) is 0 Å². The van der Waals surface area contributed by atoms with Crippen molar-refractivity contribution in [3.63, 3.8) is 0 Å². The van der Waals surface area contributed by atoms with Gasteiger partial charge >= 0.3 is 0 Å². The highest BCUT2D eigenvalue weighted by Crippen LogP contribution is 2.15. The van der Waals surface area contributed by atoms with Crippen molar-refractivity contribution in [3.8, 4) is 12.1 Å². The van der Waals surface area contributed by atoms with Crippen LogP contribution >= 0.6 is 0 Å². The molecule has 1 aromatic heterocycles. The molecule has 0 atom stereocenters. The van der Waals surface area contributed by atoms with Crippen LogP contribution in [0.3, 0.4) is 0 Å². The lowest BCUT2D eigenvalue weighted by Gasteiger charge is -2.09. The highest BCUT2D eigenvalue weighted by atomic mass is 16.1. The molecule has 6 heteroatoms. The van der Waals surface area contributed by atoms with E-state index in [0.29, 0.717) is 11.1 Å². The second-order valence-electron chi connectivity index (χ2n) is 5.97. The van der Waals surface area contributed by atoms with E-state index in [1.54, 1.807) is 60.7 Å². The average Bonchev–Trinajstić information content (AvgIpc) is 2.75. The Morgan fingerprint density at radius 2 is 1.04 bits per heavy atom. The highest BCUT2D eigenvalue weighted by Gasteiger charge is 2.19. The van der Waals surface area contributed by atoms with Gasteiger partial charge < -0.3 is 0 Å². The Labute approximate surface area is 161 Å². The van der Waals surface area contributed by atoms with Crippen molar-refractivity contribution in [1.82, 2.24) is 9.97 Å². The Kier molecular flexibility index (Phi) is 5.64. The minimum absolute atomic E-state index is 0.116. The van der Waals surface area contributed by atoms with Crippen LogP contribution in [-0.2, 0) is 12.8 Å². The fourth-order valence-corrected chi connectivity index (χ4v) is 2.70. The Balaban J connectivity index is 1.98. The maximum atomic E-state index is 12.6. The van der Waals surface area contributed by atoms with Crippen molar-refractivity contribution in [1.29, 1.82) is 10.5 Å². The molecule has 2 aromatic carbocycles. The summed E-state index contributed by atoms with van der Waals surface area (Å²) in [7, 11) is 0. The minimum Gasteiger partial charge on any atom is -0.294 e. The van der Waals surface area contributed by atoms with E-state index in [2.05, 4.69) is 9.97 Å². The molecule has 0 spiro atoms. The normalized spacial score (nSPS) is 9.93. The molecule has 0 saturated carbocycles. The van der Waals surface area contributed by atoms with Crippen LogP contribution in [0, 0.1) is 22.7 Å². The molecule has 134 valence electrons. The molecule has 0 radical (unpaired) electrons. The summed E-state index contributed by atoms with van der Waals surface area (Å²) in [5.41, 5.74) is 1.13. The summed E-state index contributed by atoms with van der Waals surface area (Å²) in [6, 6.07) is 21.0. The summed E-state index contributed by atoms with van der Waals surface area (Å²) in [5, 5.41) is 18.4. The smallest absolute Gasteiger partial charge is 0.177 e. The van der Waals surface area contributed by atoms with Crippen LogP contribution in [0.4, 0.5) is 0 Å². The number of carbonyl (C=O) groups is 2. The average molecular weight is 366 g/mol. The molecule has 0 aliphatic carbocycles. The Morgan fingerprint density at radius 3 is 1.36 bits per heavy atom. The lowest BCUT2D eigenvalue weighted by molar-refractivity contribution is 0.0976. The van der Waals surface area contributed by atoms with Gasteiger partial charge in [0.05, 0.1) is 24.2 Å². The first kappa shape index (κ1) is 18.6. The second-order valence-corrected chi connectivity index (χ2v) is 5.97. The number of hydrogen-bond acceptors (Lipinski definition) is 6. The summed E-state index contributed by atoms with van der Waals surface area (Å²) in [6.07, 6.45) is -0.233. The summed E-state index contributed by atoms with van der Waals surface area (Å²) in [5.74, 6) is -0.422. The molecule has 0 bridgehead atoms. The van der Waals surface area contributed by atoms with Gasteiger partial charge in [0.25, 0.3) is 0 Å². The molecule has 0 aliphatic heterocycles. The zero-order chi connectivity index (χ0) is 19.9. The number of hydrogen-bond donors (Lipinski definition) is 0. The summed E-state index contributed by atoms with van der Waals surface area (Å²) in [6.45, 7) is 0. The predicted octanol–water partition coefficient (Wildman–Crippen LogP) is 3.07. The van der Waals surface area contributed by atoms with Crippen molar-refractivity contribution in [2.45, 2.75) is 12.8 Å². The molecule has 0 aliphatic rings. The number of ketones is 2. The van der Waals surface area contributed by atoms with E-state index in [4.69, 9.17) is 0 Å². The van der Waals surface area contributed by atoms with Gasteiger partial charge in [-0.05, 0) is 0 Å². The monoisotopic (exact) mass is 366 g/mol. The fraction of sp³-hybridized carbons (Fsp3) is 0.0909. The molecule has 3 rings (SSSR count). The van der Waals surface area contributed by atoms with Gasteiger partial charge in [-0.1, -0.05) is 60.7 Å². The first-order chi connectivity index (χ1) is 13.6. The summed E-state index contributed by atoms with van der Waals surface area (Å²) >= 11 is 0. The maximum Gasteiger partial charge on any atom is 0.177 e. The molecule has 3 aromatic rings. The Hall–Kier alpha value is -4.16. The highest BCUT2D eigenvalue weighted by molar-refractivity contribution is 5.99. The molecule has 0 amide bonds. The largest absolute Gasteiger partial charge is 0.294 e. The van der Waals surface area contributed by atoms with Gasteiger partial charge in [0.1, 0.15) is 12.1 Å². The van der Waals surface area contributed by atoms with E-state index < -0.39 is 0 Å². The lowest BCUT2D eigenvalue weighted by Crippen LogP contribution is -2.15. The third-order valence-corrected chi connectivity index (χ3v) is 4.11. The zero-order valence-electron chi connectivity index (χ0n) is 14.8. The van der Waals surface area contributed by atoms with Gasteiger partial charge in [0.2, 0.25) is 0 Å². The van der Waals surface area contributed by atoms with E-state index in [-0.39, 0.29) is 47.2 Å². The molecular weight excluding hydrogens is 352 g/mol. The SMILES string of the molecule is N#Cc1nc(CC(=O)c2ccccc2)c(CC(=O)c2ccccc2)nc1C#N. The standard InChI is InChI=1S/C22H14N4O2/c23-13-19-20(14-24)26-18(12-22(28)16-9-5-2-6-10-16)17(25-19)11-21(27)15-7-3-1-4-8-15/h1-10H,11-12H2. The molecule has 0 unspecified atom stereocenters. The first-order valence-electron chi connectivity index (χ1n) is 8.49. The molecule has 1 heterocycles. The van der Waals surface area contributed by atoms with Gasteiger partial charge in [0.15, 0.2) is 23.0 Å². The first-order valence-corrected chi connectivity index (χ1v) is 8.49. The van der Waals surface area contributed by atoms with E-state index in [1.807, 2.05) is 12.1 Å². The van der Waals surface area contributed by atoms with Crippen molar-refractivity contribution in [3.05, 3.63) is 94.6 Å². The topological polar surface area (TPSA) is 108 Å². The number of carbonyl (C=O) groups excluding carboxylic acids is 2. The summed E-state index contributed by atoms with van der Waals surface area (Å²) < 4.78 is 0. The summed E-state index contributed by atoms with van der Waals surface area (Å²) in [4.78, 5) is 33.5. The molecule has 0 fully saturated rings. The van der Waals surface area contributed by atoms with Crippen LogP contribution in [0.2, 0.25) is 0 Å².